The van der Waals surface area contributed by atoms with Gasteiger partial charge in [-0.05, 0) is 54.6 Å². The summed E-state index contributed by atoms with van der Waals surface area (Å²) in [5.74, 6) is -0.391. The zero-order chi connectivity index (χ0) is 27.9. The van der Waals surface area contributed by atoms with E-state index in [1.165, 1.54) is 11.0 Å². The number of rotatable bonds is 4. The number of aliphatic carboxylic acids is 1. The predicted octanol–water partition coefficient (Wildman–Crippen LogP) is 4.95. The molecule has 1 unspecified atom stereocenters. The summed E-state index contributed by atoms with van der Waals surface area (Å²) >= 11 is 0. The number of fused-ring (bicyclic) bond motifs is 5. The van der Waals surface area contributed by atoms with Gasteiger partial charge in [0.1, 0.15) is 23.1 Å². The van der Waals surface area contributed by atoms with Gasteiger partial charge in [-0.3, -0.25) is 4.79 Å². The Morgan fingerprint density at radius 2 is 1.85 bits per heavy atom. The molecule has 2 aromatic rings. The molecule has 6 atom stereocenters. The summed E-state index contributed by atoms with van der Waals surface area (Å²) < 4.78 is 7.06. The van der Waals surface area contributed by atoms with Crippen LogP contribution in [-0.2, 0) is 24.2 Å². The first-order valence-corrected chi connectivity index (χ1v) is 14.2. The van der Waals surface area contributed by atoms with Crippen LogP contribution in [-0.4, -0.2) is 49.8 Å². The van der Waals surface area contributed by atoms with E-state index in [0.29, 0.717) is 29.7 Å². The van der Waals surface area contributed by atoms with E-state index >= 15 is 0 Å². The Morgan fingerprint density at radius 3 is 2.54 bits per heavy atom. The van der Waals surface area contributed by atoms with Gasteiger partial charge in [0.15, 0.2) is 0 Å². The lowest BCUT2D eigenvalue weighted by Gasteiger charge is -2.64. The highest BCUT2D eigenvalue weighted by molar-refractivity contribution is 6.02. The number of aromatic hydroxyl groups is 1. The molecule has 1 spiro atoms. The van der Waals surface area contributed by atoms with Gasteiger partial charge in [-0.15, -0.1) is 0 Å². The maximum atomic E-state index is 13.6. The first-order valence-electron chi connectivity index (χ1n) is 14.2. The molecular weight excluding hydrogens is 494 g/mol. The van der Waals surface area contributed by atoms with Gasteiger partial charge in [-0.2, -0.15) is 0 Å². The van der Waals surface area contributed by atoms with Crippen molar-refractivity contribution < 1.29 is 29.6 Å². The molecule has 4 aliphatic rings. The van der Waals surface area contributed by atoms with Gasteiger partial charge in [0, 0.05) is 29.4 Å². The second-order valence-corrected chi connectivity index (χ2v) is 13.2. The van der Waals surface area contributed by atoms with Crippen LogP contribution in [0.15, 0.2) is 36.4 Å². The molecule has 0 aromatic heterocycles. The minimum atomic E-state index is -1.06. The molecule has 2 aliphatic heterocycles. The molecule has 208 valence electrons. The summed E-state index contributed by atoms with van der Waals surface area (Å²) in [7, 11) is 0. The number of carboxylic acid groups (broad SMARTS) is 1. The standard InChI is InChI=1S/C32H39NO6/c1-18-10-11-25-30(2,3)26(35)12-13-31(25,4)32(18)16-21-24(34)15-20-22(27(21)39-32)17-33(28(20)36)23(29(37)38)14-19-8-6-5-7-9-19/h5-9,15,18,23,25-26,34-35H,10-14,16-17H2,1-4H3,(H,37,38)/t18-,23?,25+,26-,31+,32-/m0/s1. The van der Waals surface area contributed by atoms with Crippen LogP contribution >= 0.6 is 0 Å². The molecule has 2 aromatic carbocycles. The van der Waals surface area contributed by atoms with E-state index in [0.717, 1.165) is 30.4 Å². The van der Waals surface area contributed by atoms with Crippen LogP contribution in [0.25, 0.3) is 0 Å². The van der Waals surface area contributed by atoms with Gasteiger partial charge >= 0.3 is 5.97 Å². The fourth-order valence-corrected chi connectivity index (χ4v) is 8.71. The number of hydrogen-bond acceptors (Lipinski definition) is 5. The molecule has 0 radical (unpaired) electrons. The number of amides is 1. The van der Waals surface area contributed by atoms with E-state index in [4.69, 9.17) is 4.74 Å². The zero-order valence-electron chi connectivity index (χ0n) is 23.2. The molecule has 0 saturated heterocycles. The van der Waals surface area contributed by atoms with Crippen molar-refractivity contribution in [3.8, 4) is 11.5 Å². The lowest BCUT2D eigenvalue weighted by Crippen LogP contribution is -2.66. The quantitative estimate of drug-likeness (QED) is 0.513. The third kappa shape index (κ3) is 3.58. The van der Waals surface area contributed by atoms with E-state index in [9.17, 15) is 24.9 Å². The molecule has 7 heteroatoms. The molecule has 2 fully saturated rings. The SMILES string of the molecule is C[C@H]1CC[C@@H]2C(C)(C)[C@@H](O)CC[C@@]2(C)[C@]12Cc1c(O)cc3c(c1O2)CN(C(Cc1ccccc1)C(=O)O)C3=O. The van der Waals surface area contributed by atoms with E-state index in [1.54, 1.807) is 0 Å². The number of phenolic OH excluding ortho intramolecular Hbond substituents is 1. The molecule has 7 nitrogen and oxygen atoms in total. The Bertz CT molecular complexity index is 1340. The van der Waals surface area contributed by atoms with Crippen molar-refractivity contribution in [2.75, 3.05) is 0 Å². The van der Waals surface area contributed by atoms with Crippen LogP contribution in [0.1, 0.15) is 80.4 Å². The minimum absolute atomic E-state index is 0.0405. The zero-order valence-corrected chi connectivity index (χ0v) is 23.2. The first kappa shape index (κ1) is 26.2. The minimum Gasteiger partial charge on any atom is -0.508 e. The van der Waals surface area contributed by atoms with Crippen molar-refractivity contribution in [1.29, 1.82) is 0 Å². The number of carbonyl (C=O) groups is 2. The number of carbonyl (C=O) groups excluding carboxylic acids is 1. The van der Waals surface area contributed by atoms with Crippen molar-refractivity contribution in [1.82, 2.24) is 4.90 Å². The van der Waals surface area contributed by atoms with Gasteiger partial charge in [0.2, 0.25) is 0 Å². The van der Waals surface area contributed by atoms with Gasteiger partial charge in [0.25, 0.3) is 5.91 Å². The Hall–Kier alpha value is -3.06. The molecule has 2 aliphatic carbocycles. The van der Waals surface area contributed by atoms with Crippen molar-refractivity contribution in [3.63, 3.8) is 0 Å². The predicted molar refractivity (Wildman–Crippen MR) is 146 cm³/mol. The Kier molecular flexibility index (Phi) is 5.85. The number of aliphatic hydroxyl groups excluding tert-OH is 1. The third-order valence-corrected chi connectivity index (χ3v) is 11.1. The highest BCUT2D eigenvalue weighted by Crippen LogP contribution is 2.67. The molecule has 3 N–H and O–H groups in total. The van der Waals surface area contributed by atoms with Gasteiger partial charge < -0.3 is 25.0 Å². The largest absolute Gasteiger partial charge is 0.508 e. The molecular formula is C32H39NO6. The second kappa shape index (κ2) is 8.72. The van der Waals surface area contributed by atoms with Crippen LogP contribution in [0.2, 0.25) is 0 Å². The summed E-state index contributed by atoms with van der Waals surface area (Å²) in [5, 5.41) is 32.2. The lowest BCUT2D eigenvalue weighted by molar-refractivity contribution is -0.210. The van der Waals surface area contributed by atoms with Crippen LogP contribution < -0.4 is 4.74 Å². The van der Waals surface area contributed by atoms with Gasteiger partial charge in [-0.1, -0.05) is 58.0 Å². The highest BCUT2D eigenvalue weighted by Gasteiger charge is 2.67. The molecule has 2 heterocycles. The number of aliphatic hydroxyl groups is 1. The number of nitrogens with zero attached hydrogens (tertiary/aromatic N) is 1. The number of hydrogen-bond donors (Lipinski definition) is 3. The highest BCUT2D eigenvalue weighted by atomic mass is 16.5. The van der Waals surface area contributed by atoms with Crippen molar-refractivity contribution in [2.45, 2.75) is 90.5 Å². The van der Waals surface area contributed by atoms with Gasteiger partial charge in [-0.25, -0.2) is 4.79 Å². The first-order chi connectivity index (χ1) is 18.4. The average Bonchev–Trinajstić information content (AvgIpc) is 3.45. The number of benzene rings is 2. The summed E-state index contributed by atoms with van der Waals surface area (Å²) in [6, 6.07) is 9.81. The summed E-state index contributed by atoms with van der Waals surface area (Å²) in [6.07, 6.45) is 3.87. The van der Waals surface area contributed by atoms with Gasteiger partial charge in [0.05, 0.1) is 18.2 Å². The summed E-state index contributed by atoms with van der Waals surface area (Å²) in [5.41, 5.74) is 1.50. The van der Waals surface area contributed by atoms with E-state index in [2.05, 4.69) is 27.7 Å². The Morgan fingerprint density at radius 1 is 1.13 bits per heavy atom. The number of carboxylic acids is 1. The maximum absolute atomic E-state index is 13.6. The average molecular weight is 534 g/mol. The normalized spacial score (nSPS) is 33.3. The van der Waals surface area contributed by atoms with Crippen molar-refractivity contribution >= 4 is 11.9 Å². The molecule has 6 rings (SSSR count). The smallest absolute Gasteiger partial charge is 0.326 e. The van der Waals surface area contributed by atoms with Crippen LogP contribution in [0.4, 0.5) is 0 Å². The lowest BCUT2D eigenvalue weighted by atomic mass is 9.43. The molecule has 1 amide bonds. The number of ether oxygens (including phenoxy) is 1. The van der Waals surface area contributed by atoms with E-state index in [-0.39, 0.29) is 47.5 Å². The number of phenols is 1. The fraction of sp³-hybridized carbons (Fsp3) is 0.562. The topological polar surface area (TPSA) is 107 Å². The third-order valence-electron chi connectivity index (χ3n) is 11.1. The van der Waals surface area contributed by atoms with Crippen LogP contribution in [0.5, 0.6) is 11.5 Å². The maximum Gasteiger partial charge on any atom is 0.326 e. The van der Waals surface area contributed by atoms with Crippen molar-refractivity contribution in [3.05, 3.63) is 58.7 Å². The van der Waals surface area contributed by atoms with Crippen molar-refractivity contribution in [2.24, 2.45) is 22.7 Å². The second-order valence-electron chi connectivity index (χ2n) is 13.2. The van der Waals surface area contributed by atoms with E-state index in [1.807, 2.05) is 30.3 Å². The fourth-order valence-electron chi connectivity index (χ4n) is 8.71. The Balaban J connectivity index is 1.38. The molecule has 2 saturated carbocycles. The molecule has 0 bridgehead atoms. The Labute approximate surface area is 229 Å². The summed E-state index contributed by atoms with van der Waals surface area (Å²) in [4.78, 5) is 27.4. The van der Waals surface area contributed by atoms with E-state index < -0.39 is 23.5 Å². The molecule has 39 heavy (non-hydrogen) atoms. The van der Waals surface area contributed by atoms with Crippen LogP contribution in [0.3, 0.4) is 0 Å². The monoisotopic (exact) mass is 533 g/mol. The van der Waals surface area contributed by atoms with Crippen LogP contribution in [0, 0.1) is 22.7 Å². The summed E-state index contributed by atoms with van der Waals surface area (Å²) in [6.45, 7) is 8.98.